The molecule has 12 heteroatoms. The largest absolute Gasteiger partial charge is 0.436 e. The van der Waals surface area contributed by atoms with E-state index in [9.17, 15) is 28.1 Å². The Bertz CT molecular complexity index is 1450. The van der Waals surface area contributed by atoms with Gasteiger partial charge in [-0.05, 0) is 55.8 Å². The molecule has 3 aromatic carbocycles. The fourth-order valence-corrected chi connectivity index (χ4v) is 3.45. The van der Waals surface area contributed by atoms with Crippen LogP contribution in [0.2, 0.25) is 5.02 Å². The van der Waals surface area contributed by atoms with Crippen molar-refractivity contribution in [3.05, 3.63) is 86.4 Å². The molecule has 0 atom stereocenters. The highest BCUT2D eigenvalue weighted by molar-refractivity contribution is 6.31. The number of nitro groups is 1. The first-order valence-corrected chi connectivity index (χ1v) is 12.2. The van der Waals surface area contributed by atoms with Gasteiger partial charge in [-0.1, -0.05) is 37.9 Å². The average Bonchev–Trinajstić information content (AvgIpc) is 3.28. The summed E-state index contributed by atoms with van der Waals surface area (Å²) in [7, 11) is 0. The molecule has 1 amide bonds. The summed E-state index contributed by atoms with van der Waals surface area (Å²) in [5.41, 5.74) is -0.666. The minimum atomic E-state index is -4.96. The van der Waals surface area contributed by atoms with Gasteiger partial charge in [0.05, 0.1) is 16.1 Å². The Hall–Kier alpha value is -3.96. The number of nitrogens with one attached hydrogen (secondary N) is 1. The number of fused-ring (bicyclic) bond motifs is 1. The van der Waals surface area contributed by atoms with Gasteiger partial charge < -0.3 is 14.8 Å². The first-order chi connectivity index (χ1) is 18.4. The van der Waals surface area contributed by atoms with Crippen molar-refractivity contribution < 1.29 is 32.4 Å². The molecule has 2 N–H and O–H groups in total. The summed E-state index contributed by atoms with van der Waals surface area (Å²) in [4.78, 5) is 27.0. The number of nitro benzene ring substituents is 1. The molecule has 4 aromatic rings. The quantitative estimate of drug-likeness (QED) is 0.191. The lowest BCUT2D eigenvalue weighted by molar-refractivity contribution is -0.385. The number of nitrogens with zero attached hydrogens (tertiary/aromatic N) is 2. The van der Waals surface area contributed by atoms with Crippen molar-refractivity contribution in [2.24, 2.45) is 0 Å². The molecule has 0 saturated carbocycles. The maximum Gasteiger partial charge on any atom is 0.417 e. The maximum absolute atomic E-state index is 13.5. The Morgan fingerprint density at radius 3 is 2.36 bits per heavy atom. The van der Waals surface area contributed by atoms with E-state index in [0.29, 0.717) is 33.3 Å². The van der Waals surface area contributed by atoms with Crippen LogP contribution in [0, 0.1) is 17.0 Å². The van der Waals surface area contributed by atoms with E-state index in [1.807, 2.05) is 0 Å². The summed E-state index contributed by atoms with van der Waals surface area (Å²) in [5, 5.41) is 21.4. The van der Waals surface area contributed by atoms with Gasteiger partial charge in [-0.3, -0.25) is 14.9 Å². The number of amides is 1. The molecule has 0 spiro atoms. The lowest BCUT2D eigenvalue weighted by atomic mass is 10.0. The summed E-state index contributed by atoms with van der Waals surface area (Å²) in [6.45, 7) is 7.83. The minimum absolute atomic E-state index is 0.226. The van der Waals surface area contributed by atoms with Gasteiger partial charge in [0.2, 0.25) is 5.89 Å². The number of anilines is 1. The number of halogens is 4. The minimum Gasteiger partial charge on any atom is -0.436 e. The number of rotatable bonds is 4. The smallest absolute Gasteiger partial charge is 0.417 e. The Balaban J connectivity index is 0.000000815. The second kappa shape index (κ2) is 13.7. The van der Waals surface area contributed by atoms with Crippen molar-refractivity contribution in [2.45, 2.75) is 40.3 Å². The molecule has 1 aromatic heterocycles. The van der Waals surface area contributed by atoms with E-state index in [1.54, 1.807) is 44.2 Å². The number of hydrogen-bond acceptors (Lipinski definition) is 6. The number of alkyl halides is 3. The van der Waals surface area contributed by atoms with Gasteiger partial charge in [0, 0.05) is 35.0 Å². The van der Waals surface area contributed by atoms with Gasteiger partial charge in [-0.2, -0.15) is 13.2 Å². The topological polar surface area (TPSA) is 118 Å². The molecule has 0 saturated heterocycles. The van der Waals surface area contributed by atoms with Crippen LogP contribution >= 0.6 is 11.6 Å². The van der Waals surface area contributed by atoms with E-state index >= 15 is 0 Å². The first kappa shape index (κ1) is 31.3. The third-order valence-electron chi connectivity index (χ3n) is 4.93. The average molecular weight is 566 g/mol. The van der Waals surface area contributed by atoms with Gasteiger partial charge in [0.15, 0.2) is 5.58 Å². The molecule has 0 radical (unpaired) electrons. The molecule has 0 aliphatic rings. The predicted molar refractivity (Wildman–Crippen MR) is 144 cm³/mol. The fraction of sp³-hybridized carbons (Fsp3) is 0.259. The molecule has 8 nitrogen and oxygen atoms in total. The van der Waals surface area contributed by atoms with Gasteiger partial charge in [-0.15, -0.1) is 0 Å². The van der Waals surface area contributed by atoms with Gasteiger partial charge in [0.25, 0.3) is 11.6 Å². The zero-order chi connectivity index (χ0) is 29.3. The molecule has 0 bridgehead atoms. The Morgan fingerprint density at radius 1 is 1.13 bits per heavy atom. The highest BCUT2D eigenvalue weighted by Crippen LogP contribution is 2.36. The van der Waals surface area contributed by atoms with Crippen LogP contribution in [0.15, 0.2) is 59.0 Å². The monoisotopic (exact) mass is 565 g/mol. The number of benzene rings is 3. The number of oxazole rings is 1. The standard InChI is InChI=1S/C22H13ClF3N3O4.C3H8.C2H6O/c1-11-14(21-28-18-9-12(23)5-8-19(18)33-21)3-2-4-17(11)27-20(30)15-7-6-13(29(31)32)10-16(15)22(24,25)26;1-3-2;1-2-3/h2-10H,1H3,(H,27,30);3H2,1-2H3;3H,2H2,1H3. The molecule has 0 aliphatic heterocycles. The molecule has 1 heterocycles. The second-order valence-electron chi connectivity index (χ2n) is 8.07. The highest BCUT2D eigenvalue weighted by atomic mass is 35.5. The van der Waals surface area contributed by atoms with Crippen LogP contribution in [0.5, 0.6) is 0 Å². The van der Waals surface area contributed by atoms with Crippen molar-refractivity contribution in [3.8, 4) is 11.5 Å². The third-order valence-corrected chi connectivity index (χ3v) is 5.16. The third kappa shape index (κ3) is 8.01. The van der Waals surface area contributed by atoms with Crippen LogP contribution < -0.4 is 5.32 Å². The van der Waals surface area contributed by atoms with E-state index < -0.39 is 33.8 Å². The van der Waals surface area contributed by atoms with E-state index in [0.717, 1.165) is 12.1 Å². The Morgan fingerprint density at radius 2 is 1.77 bits per heavy atom. The number of carbonyl (C=O) groups is 1. The number of aromatic nitrogens is 1. The molecule has 4 rings (SSSR count). The summed E-state index contributed by atoms with van der Waals surface area (Å²) >= 11 is 5.97. The molecule has 39 heavy (non-hydrogen) atoms. The molecular weight excluding hydrogens is 539 g/mol. The summed E-state index contributed by atoms with van der Waals surface area (Å²) < 4.78 is 46.1. The number of non-ortho nitro benzene ring substituents is 1. The van der Waals surface area contributed by atoms with Crippen LogP contribution in [-0.4, -0.2) is 27.5 Å². The summed E-state index contributed by atoms with van der Waals surface area (Å²) in [6, 6.07) is 11.7. The normalized spacial score (nSPS) is 10.7. The van der Waals surface area contributed by atoms with Gasteiger partial charge in [0.1, 0.15) is 5.52 Å². The van der Waals surface area contributed by atoms with Crippen molar-refractivity contribution in [2.75, 3.05) is 11.9 Å². The number of aliphatic hydroxyl groups is 1. The zero-order valence-corrected chi connectivity index (χ0v) is 22.4. The Kier molecular flexibility index (Phi) is 11.0. The number of carbonyl (C=O) groups excluding carboxylic acids is 1. The van der Waals surface area contributed by atoms with Crippen LogP contribution in [0.3, 0.4) is 0 Å². The number of hydrogen-bond donors (Lipinski definition) is 2. The van der Waals surface area contributed by atoms with Crippen LogP contribution in [-0.2, 0) is 6.18 Å². The summed E-state index contributed by atoms with van der Waals surface area (Å²) in [5.74, 6) is -0.825. The lowest BCUT2D eigenvalue weighted by Gasteiger charge is -2.14. The SMILES string of the molecule is CCC.CCO.Cc1c(NC(=O)c2ccc([N+](=O)[O-])cc2C(F)(F)F)cccc1-c1nc2cc(Cl)ccc2o1. The number of aliphatic hydroxyl groups excluding tert-OH is 1. The van der Waals surface area contributed by atoms with E-state index in [1.165, 1.54) is 12.5 Å². The van der Waals surface area contributed by atoms with E-state index in [4.69, 9.17) is 21.1 Å². The molecular formula is C27H27ClF3N3O5. The maximum atomic E-state index is 13.5. The molecule has 0 aliphatic carbocycles. The van der Waals surface area contributed by atoms with Crippen LogP contribution in [0.25, 0.3) is 22.6 Å². The van der Waals surface area contributed by atoms with Crippen molar-refractivity contribution >= 4 is 40.0 Å². The van der Waals surface area contributed by atoms with Crippen LogP contribution in [0.1, 0.15) is 48.7 Å². The van der Waals surface area contributed by atoms with Crippen molar-refractivity contribution in [1.29, 1.82) is 0 Å². The van der Waals surface area contributed by atoms with Crippen molar-refractivity contribution in [3.63, 3.8) is 0 Å². The van der Waals surface area contributed by atoms with Crippen LogP contribution in [0.4, 0.5) is 24.5 Å². The highest BCUT2D eigenvalue weighted by Gasteiger charge is 2.37. The second-order valence-corrected chi connectivity index (χ2v) is 8.51. The molecule has 208 valence electrons. The molecule has 0 unspecified atom stereocenters. The molecule has 0 fully saturated rings. The van der Waals surface area contributed by atoms with Gasteiger partial charge in [-0.25, -0.2) is 4.98 Å². The van der Waals surface area contributed by atoms with E-state index in [2.05, 4.69) is 24.1 Å². The Labute approximate surface area is 227 Å². The lowest BCUT2D eigenvalue weighted by Crippen LogP contribution is -2.19. The zero-order valence-electron chi connectivity index (χ0n) is 21.6. The first-order valence-electron chi connectivity index (χ1n) is 11.8. The predicted octanol–water partition coefficient (Wildman–Crippen LogP) is 8.05. The fourth-order valence-electron chi connectivity index (χ4n) is 3.29. The van der Waals surface area contributed by atoms with E-state index in [-0.39, 0.29) is 18.2 Å². The van der Waals surface area contributed by atoms with Crippen molar-refractivity contribution in [1.82, 2.24) is 4.98 Å². The van der Waals surface area contributed by atoms with Gasteiger partial charge >= 0.3 is 6.18 Å². The summed E-state index contributed by atoms with van der Waals surface area (Å²) in [6.07, 6.45) is -3.71.